The molecule has 14 heavy (non-hydrogen) atoms. The Bertz CT molecular complexity index is 157. The molecule has 1 unspecified atom stereocenters. The van der Waals surface area contributed by atoms with Gasteiger partial charge in [0.25, 0.3) is 0 Å². The quantitative estimate of drug-likeness (QED) is 0.742. The van der Waals surface area contributed by atoms with Crippen molar-refractivity contribution in [2.24, 2.45) is 5.73 Å². The molecule has 3 N–H and O–H groups in total. The van der Waals surface area contributed by atoms with Crippen LogP contribution in [0.15, 0.2) is 0 Å². The van der Waals surface area contributed by atoms with Crippen LogP contribution < -0.4 is 5.73 Å². The summed E-state index contributed by atoms with van der Waals surface area (Å²) in [5, 5.41) is 10.8. The molecule has 84 valence electrons. The highest BCUT2D eigenvalue weighted by Gasteiger charge is 2.29. The SMILES string of the molecule is CC(CCN)SCC1(O)CCCCC1. The molecule has 1 aliphatic rings. The lowest BCUT2D eigenvalue weighted by atomic mass is 9.86. The number of nitrogens with two attached hydrogens (primary N) is 1. The Balaban J connectivity index is 2.21. The molecule has 2 nitrogen and oxygen atoms in total. The molecule has 1 rings (SSSR count). The Hall–Kier alpha value is 0.270. The summed E-state index contributed by atoms with van der Waals surface area (Å²) in [5.74, 6) is 0.897. The summed E-state index contributed by atoms with van der Waals surface area (Å²) in [5.41, 5.74) is 5.13. The number of hydrogen-bond donors (Lipinski definition) is 2. The van der Waals surface area contributed by atoms with E-state index >= 15 is 0 Å². The van der Waals surface area contributed by atoms with Crippen molar-refractivity contribution in [3.63, 3.8) is 0 Å². The van der Waals surface area contributed by atoms with Gasteiger partial charge in [0.05, 0.1) is 5.60 Å². The maximum absolute atomic E-state index is 10.2. The van der Waals surface area contributed by atoms with Crippen LogP contribution in [0.5, 0.6) is 0 Å². The predicted molar refractivity (Wildman–Crippen MR) is 63.6 cm³/mol. The highest BCUT2D eigenvalue weighted by Crippen LogP contribution is 2.32. The normalized spacial score (nSPS) is 23.4. The molecule has 1 aliphatic carbocycles. The molecule has 0 aromatic carbocycles. The topological polar surface area (TPSA) is 46.2 Å². The van der Waals surface area contributed by atoms with Crippen LogP contribution in [-0.2, 0) is 0 Å². The van der Waals surface area contributed by atoms with E-state index in [0.29, 0.717) is 5.25 Å². The first-order valence-corrected chi connectivity index (χ1v) is 6.75. The number of hydrogen-bond acceptors (Lipinski definition) is 3. The lowest BCUT2D eigenvalue weighted by molar-refractivity contribution is 0.0272. The van der Waals surface area contributed by atoms with Gasteiger partial charge in [0.1, 0.15) is 0 Å². The van der Waals surface area contributed by atoms with Crippen molar-refractivity contribution >= 4 is 11.8 Å². The molecular weight excluding hydrogens is 194 g/mol. The van der Waals surface area contributed by atoms with Gasteiger partial charge in [-0.2, -0.15) is 11.8 Å². The molecule has 0 radical (unpaired) electrons. The second-order valence-electron chi connectivity index (χ2n) is 4.48. The van der Waals surface area contributed by atoms with E-state index in [0.717, 1.165) is 31.6 Å². The molecule has 0 aromatic heterocycles. The van der Waals surface area contributed by atoms with E-state index in [2.05, 4.69) is 6.92 Å². The molecule has 0 saturated heterocycles. The van der Waals surface area contributed by atoms with Crippen molar-refractivity contribution in [2.75, 3.05) is 12.3 Å². The summed E-state index contributed by atoms with van der Waals surface area (Å²) in [6.45, 7) is 2.95. The van der Waals surface area contributed by atoms with Crippen molar-refractivity contribution < 1.29 is 5.11 Å². The highest BCUT2D eigenvalue weighted by molar-refractivity contribution is 7.99. The van der Waals surface area contributed by atoms with E-state index in [1.807, 2.05) is 11.8 Å². The summed E-state index contributed by atoms with van der Waals surface area (Å²) in [4.78, 5) is 0. The summed E-state index contributed by atoms with van der Waals surface area (Å²) in [6, 6.07) is 0. The number of thioether (sulfide) groups is 1. The van der Waals surface area contributed by atoms with Gasteiger partial charge in [-0.05, 0) is 25.8 Å². The van der Waals surface area contributed by atoms with Crippen molar-refractivity contribution in [3.05, 3.63) is 0 Å². The van der Waals surface area contributed by atoms with Crippen LogP contribution in [0.2, 0.25) is 0 Å². The van der Waals surface area contributed by atoms with Gasteiger partial charge in [-0.25, -0.2) is 0 Å². The molecular formula is C11H23NOS. The highest BCUT2D eigenvalue weighted by atomic mass is 32.2. The Morgan fingerprint density at radius 2 is 2.00 bits per heavy atom. The fourth-order valence-corrected chi connectivity index (χ4v) is 3.16. The first-order valence-electron chi connectivity index (χ1n) is 5.70. The van der Waals surface area contributed by atoms with Gasteiger partial charge in [-0.3, -0.25) is 0 Å². The third-order valence-corrected chi connectivity index (χ3v) is 4.50. The second kappa shape index (κ2) is 5.99. The van der Waals surface area contributed by atoms with E-state index in [-0.39, 0.29) is 5.60 Å². The van der Waals surface area contributed by atoms with Crippen molar-refractivity contribution in [3.8, 4) is 0 Å². The summed E-state index contributed by atoms with van der Waals surface area (Å²) in [6.07, 6.45) is 6.74. The van der Waals surface area contributed by atoms with Gasteiger partial charge >= 0.3 is 0 Å². The summed E-state index contributed by atoms with van der Waals surface area (Å²) < 4.78 is 0. The van der Waals surface area contributed by atoms with Crippen LogP contribution >= 0.6 is 11.8 Å². The fourth-order valence-electron chi connectivity index (χ4n) is 1.97. The van der Waals surface area contributed by atoms with Crippen molar-refractivity contribution in [1.29, 1.82) is 0 Å². The van der Waals surface area contributed by atoms with Crippen LogP contribution in [0.25, 0.3) is 0 Å². The van der Waals surface area contributed by atoms with Crippen LogP contribution in [-0.4, -0.2) is 28.3 Å². The Morgan fingerprint density at radius 1 is 1.36 bits per heavy atom. The van der Waals surface area contributed by atoms with Gasteiger partial charge in [0.2, 0.25) is 0 Å². The van der Waals surface area contributed by atoms with Crippen LogP contribution in [0, 0.1) is 0 Å². The zero-order chi connectivity index (χ0) is 10.4. The minimum Gasteiger partial charge on any atom is -0.389 e. The van der Waals surface area contributed by atoms with Gasteiger partial charge in [-0.1, -0.05) is 26.2 Å². The van der Waals surface area contributed by atoms with Gasteiger partial charge in [-0.15, -0.1) is 0 Å². The zero-order valence-electron chi connectivity index (χ0n) is 9.17. The minimum absolute atomic E-state index is 0.369. The largest absolute Gasteiger partial charge is 0.389 e. The molecule has 1 saturated carbocycles. The van der Waals surface area contributed by atoms with Crippen LogP contribution in [0.1, 0.15) is 45.4 Å². The molecule has 0 bridgehead atoms. The van der Waals surface area contributed by atoms with E-state index < -0.39 is 0 Å². The fraction of sp³-hybridized carbons (Fsp3) is 1.00. The molecule has 3 heteroatoms. The monoisotopic (exact) mass is 217 g/mol. The van der Waals surface area contributed by atoms with Crippen molar-refractivity contribution in [1.82, 2.24) is 0 Å². The lowest BCUT2D eigenvalue weighted by Crippen LogP contribution is -2.34. The number of rotatable bonds is 5. The maximum atomic E-state index is 10.2. The maximum Gasteiger partial charge on any atom is 0.0737 e. The third kappa shape index (κ3) is 4.20. The summed E-state index contributed by atoms with van der Waals surface area (Å²) >= 11 is 1.88. The molecule has 0 aromatic rings. The smallest absolute Gasteiger partial charge is 0.0737 e. The lowest BCUT2D eigenvalue weighted by Gasteiger charge is -2.32. The molecule has 1 fully saturated rings. The molecule has 0 spiro atoms. The van der Waals surface area contributed by atoms with Crippen LogP contribution in [0.4, 0.5) is 0 Å². The average Bonchev–Trinajstić information content (AvgIpc) is 2.17. The molecule has 1 atom stereocenters. The Labute approximate surface area is 91.6 Å². The second-order valence-corrected chi connectivity index (χ2v) is 5.91. The Kier molecular flexibility index (Phi) is 5.28. The number of aliphatic hydroxyl groups is 1. The van der Waals surface area contributed by atoms with E-state index in [4.69, 9.17) is 5.73 Å². The zero-order valence-corrected chi connectivity index (χ0v) is 9.98. The average molecular weight is 217 g/mol. The predicted octanol–water partition coefficient (Wildman–Crippen LogP) is 2.15. The van der Waals surface area contributed by atoms with Gasteiger partial charge < -0.3 is 10.8 Å². The van der Waals surface area contributed by atoms with Gasteiger partial charge in [0, 0.05) is 11.0 Å². The Morgan fingerprint density at radius 3 is 2.57 bits per heavy atom. The third-order valence-electron chi connectivity index (χ3n) is 2.99. The molecule has 0 aliphatic heterocycles. The van der Waals surface area contributed by atoms with Crippen LogP contribution in [0.3, 0.4) is 0 Å². The first-order chi connectivity index (χ1) is 6.66. The van der Waals surface area contributed by atoms with Gasteiger partial charge in [0.15, 0.2) is 0 Å². The van der Waals surface area contributed by atoms with E-state index in [1.165, 1.54) is 19.3 Å². The standard InChI is InChI=1S/C11H23NOS/c1-10(5-8-12)14-9-11(13)6-3-2-4-7-11/h10,13H,2-9,12H2,1H3. The van der Waals surface area contributed by atoms with E-state index in [9.17, 15) is 5.11 Å². The first kappa shape index (κ1) is 12.3. The minimum atomic E-state index is -0.369. The van der Waals surface area contributed by atoms with Crippen molar-refractivity contribution in [2.45, 2.75) is 56.3 Å². The molecule has 0 amide bonds. The van der Waals surface area contributed by atoms with E-state index in [1.54, 1.807) is 0 Å². The molecule has 0 heterocycles. The summed E-state index contributed by atoms with van der Waals surface area (Å²) in [7, 11) is 0.